The van der Waals surface area contributed by atoms with Gasteiger partial charge in [-0.25, -0.2) is 0 Å². The van der Waals surface area contributed by atoms with Gasteiger partial charge in [0.15, 0.2) is 0 Å². The lowest BCUT2D eigenvalue weighted by atomic mass is 9.92. The third kappa shape index (κ3) is 3.94. The number of nitrogens with zero attached hydrogens (tertiary/aromatic N) is 1. The Morgan fingerprint density at radius 2 is 1.94 bits per heavy atom. The fraction of sp³-hybridized carbons (Fsp3) is 0.857. The van der Waals surface area contributed by atoms with E-state index < -0.39 is 0 Å². The molecular formula is C14H26N2OS. The van der Waals surface area contributed by atoms with Gasteiger partial charge in [0.2, 0.25) is 5.91 Å². The highest BCUT2D eigenvalue weighted by Gasteiger charge is 2.30. The van der Waals surface area contributed by atoms with Gasteiger partial charge in [-0.1, -0.05) is 44.8 Å². The second kappa shape index (κ2) is 7.72. The number of nitrogens with two attached hydrogens (primary N) is 1. The molecule has 1 aliphatic carbocycles. The highest BCUT2D eigenvalue weighted by Crippen LogP contribution is 2.24. The summed E-state index contributed by atoms with van der Waals surface area (Å²) in [6.07, 6.45) is 7.76. The Hall–Kier alpha value is -0.640. The van der Waals surface area contributed by atoms with Crippen LogP contribution in [0.25, 0.3) is 0 Å². The zero-order chi connectivity index (χ0) is 13.5. The average Bonchev–Trinajstić information content (AvgIpc) is 2.37. The van der Waals surface area contributed by atoms with E-state index in [0.717, 1.165) is 32.2 Å². The predicted molar refractivity (Wildman–Crippen MR) is 79.4 cm³/mol. The fourth-order valence-electron chi connectivity index (χ4n) is 2.86. The summed E-state index contributed by atoms with van der Waals surface area (Å²) in [5.41, 5.74) is 5.73. The number of hydrogen-bond acceptors (Lipinski definition) is 2. The van der Waals surface area contributed by atoms with Crippen molar-refractivity contribution in [1.29, 1.82) is 0 Å². The third-order valence-corrected chi connectivity index (χ3v) is 4.14. The second-order valence-electron chi connectivity index (χ2n) is 5.16. The van der Waals surface area contributed by atoms with Crippen LogP contribution < -0.4 is 5.73 Å². The van der Waals surface area contributed by atoms with Crippen LogP contribution in [0.2, 0.25) is 0 Å². The van der Waals surface area contributed by atoms with Crippen LogP contribution in [0.1, 0.15) is 58.8 Å². The fourth-order valence-corrected chi connectivity index (χ4v) is 3.08. The van der Waals surface area contributed by atoms with Gasteiger partial charge < -0.3 is 10.6 Å². The lowest BCUT2D eigenvalue weighted by molar-refractivity contribution is -0.136. The van der Waals surface area contributed by atoms with Crippen molar-refractivity contribution in [3.05, 3.63) is 0 Å². The van der Waals surface area contributed by atoms with E-state index in [1.807, 2.05) is 4.90 Å². The molecule has 104 valence electrons. The average molecular weight is 270 g/mol. The molecule has 3 nitrogen and oxygen atoms in total. The molecule has 1 amide bonds. The minimum absolute atomic E-state index is 0.152. The molecular weight excluding hydrogens is 244 g/mol. The van der Waals surface area contributed by atoms with Crippen LogP contribution in [0, 0.1) is 5.92 Å². The van der Waals surface area contributed by atoms with Crippen LogP contribution in [0.4, 0.5) is 0 Å². The smallest absolute Gasteiger partial charge is 0.232 e. The Morgan fingerprint density at radius 3 is 2.39 bits per heavy atom. The first-order valence-corrected chi connectivity index (χ1v) is 7.62. The number of hydrogen-bond donors (Lipinski definition) is 1. The van der Waals surface area contributed by atoms with Gasteiger partial charge in [0.1, 0.15) is 0 Å². The lowest BCUT2D eigenvalue weighted by Crippen LogP contribution is -2.47. The number of carbonyl (C=O) groups excluding carboxylic acids is 1. The summed E-state index contributed by atoms with van der Waals surface area (Å²) in [6, 6.07) is 0.407. The number of carbonyl (C=O) groups is 1. The molecule has 1 unspecified atom stereocenters. The number of thiocarbonyl (C=S) groups is 1. The van der Waals surface area contributed by atoms with Gasteiger partial charge in [0, 0.05) is 12.6 Å². The highest BCUT2D eigenvalue weighted by atomic mass is 32.1. The molecule has 1 aliphatic rings. The normalized spacial score (nSPS) is 18.3. The first kappa shape index (κ1) is 15.4. The van der Waals surface area contributed by atoms with Gasteiger partial charge in [-0.3, -0.25) is 4.79 Å². The molecule has 0 heterocycles. The molecule has 0 spiro atoms. The summed E-state index contributed by atoms with van der Waals surface area (Å²) in [6.45, 7) is 4.89. The molecule has 1 atom stereocenters. The molecule has 0 radical (unpaired) electrons. The van der Waals surface area contributed by atoms with Gasteiger partial charge in [0.05, 0.1) is 10.9 Å². The van der Waals surface area contributed by atoms with E-state index in [9.17, 15) is 4.79 Å². The van der Waals surface area contributed by atoms with E-state index >= 15 is 0 Å². The van der Waals surface area contributed by atoms with Crippen molar-refractivity contribution in [3.8, 4) is 0 Å². The topological polar surface area (TPSA) is 46.3 Å². The van der Waals surface area contributed by atoms with Crippen LogP contribution in [0.5, 0.6) is 0 Å². The molecule has 18 heavy (non-hydrogen) atoms. The van der Waals surface area contributed by atoms with E-state index in [0.29, 0.717) is 11.0 Å². The van der Waals surface area contributed by atoms with Crippen LogP contribution in [0.15, 0.2) is 0 Å². The molecule has 4 heteroatoms. The lowest BCUT2D eigenvalue weighted by Gasteiger charge is -2.35. The van der Waals surface area contributed by atoms with Crippen LogP contribution >= 0.6 is 12.2 Å². The summed E-state index contributed by atoms with van der Waals surface area (Å²) >= 11 is 5.06. The van der Waals surface area contributed by atoms with E-state index in [1.54, 1.807) is 0 Å². The molecule has 1 fully saturated rings. The van der Waals surface area contributed by atoms with Gasteiger partial charge in [-0.2, -0.15) is 0 Å². The Morgan fingerprint density at radius 1 is 1.33 bits per heavy atom. The SMILES string of the molecule is CCCC(C(=O)N(CC)C1CCCCC1)C(N)=S. The van der Waals surface area contributed by atoms with Crippen molar-refractivity contribution in [1.82, 2.24) is 4.90 Å². The standard InChI is InChI=1S/C14H26N2OS/c1-3-8-12(13(15)18)14(17)16(4-2)11-9-6-5-7-10-11/h11-12H,3-10H2,1-2H3,(H2,15,18). The molecule has 0 bridgehead atoms. The Kier molecular flexibility index (Phi) is 6.61. The molecule has 0 aromatic heterocycles. The first-order valence-electron chi connectivity index (χ1n) is 7.21. The van der Waals surface area contributed by atoms with Crippen molar-refractivity contribution < 1.29 is 4.79 Å². The van der Waals surface area contributed by atoms with Gasteiger partial charge in [0.25, 0.3) is 0 Å². The summed E-state index contributed by atoms with van der Waals surface area (Å²) in [5, 5.41) is 0. The zero-order valence-electron chi connectivity index (χ0n) is 11.7. The molecule has 0 aliphatic heterocycles. The quantitative estimate of drug-likeness (QED) is 0.755. The summed E-state index contributed by atoms with van der Waals surface area (Å²) in [4.78, 5) is 14.9. The molecule has 1 saturated carbocycles. The Balaban J connectivity index is 2.72. The summed E-state index contributed by atoms with van der Waals surface area (Å²) in [5.74, 6) is -0.106. The largest absolute Gasteiger partial charge is 0.393 e. The van der Waals surface area contributed by atoms with E-state index in [4.69, 9.17) is 18.0 Å². The van der Waals surface area contributed by atoms with Crippen LogP contribution in [-0.2, 0) is 4.79 Å². The van der Waals surface area contributed by atoms with Crippen molar-refractivity contribution in [2.45, 2.75) is 64.8 Å². The third-order valence-electron chi connectivity index (χ3n) is 3.86. The van der Waals surface area contributed by atoms with E-state index in [2.05, 4.69) is 13.8 Å². The van der Waals surface area contributed by atoms with Crippen molar-refractivity contribution in [2.75, 3.05) is 6.54 Å². The summed E-state index contributed by atoms with van der Waals surface area (Å²) < 4.78 is 0. The van der Waals surface area contributed by atoms with Crippen LogP contribution in [0.3, 0.4) is 0 Å². The van der Waals surface area contributed by atoms with Gasteiger partial charge in [-0.15, -0.1) is 0 Å². The van der Waals surface area contributed by atoms with E-state index in [-0.39, 0.29) is 11.8 Å². The predicted octanol–water partition coefficient (Wildman–Crippen LogP) is 2.87. The minimum Gasteiger partial charge on any atom is -0.393 e. The highest BCUT2D eigenvalue weighted by molar-refractivity contribution is 7.80. The molecule has 0 saturated heterocycles. The first-order chi connectivity index (χ1) is 8.61. The van der Waals surface area contributed by atoms with Crippen molar-refractivity contribution >= 4 is 23.1 Å². The minimum atomic E-state index is -0.258. The van der Waals surface area contributed by atoms with Crippen molar-refractivity contribution in [3.63, 3.8) is 0 Å². The van der Waals surface area contributed by atoms with Gasteiger partial charge >= 0.3 is 0 Å². The second-order valence-corrected chi connectivity index (χ2v) is 5.63. The molecule has 0 aromatic rings. The zero-order valence-corrected chi connectivity index (χ0v) is 12.5. The monoisotopic (exact) mass is 270 g/mol. The summed E-state index contributed by atoms with van der Waals surface area (Å²) in [7, 11) is 0. The molecule has 1 rings (SSSR count). The van der Waals surface area contributed by atoms with Crippen molar-refractivity contribution in [2.24, 2.45) is 11.7 Å². The maximum Gasteiger partial charge on any atom is 0.232 e. The number of amides is 1. The maximum absolute atomic E-state index is 12.6. The Bertz CT molecular complexity index is 288. The van der Waals surface area contributed by atoms with Gasteiger partial charge in [-0.05, 0) is 26.2 Å². The van der Waals surface area contributed by atoms with Crippen LogP contribution in [-0.4, -0.2) is 28.4 Å². The van der Waals surface area contributed by atoms with E-state index in [1.165, 1.54) is 19.3 Å². The number of rotatable bonds is 6. The maximum atomic E-state index is 12.6. The molecule has 0 aromatic carbocycles. The molecule has 2 N–H and O–H groups in total. The Labute approximate surface area is 116 Å².